The Balaban J connectivity index is 1.77. The molecule has 1 aromatic carbocycles. The van der Waals surface area contributed by atoms with Crippen molar-refractivity contribution in [3.8, 4) is 0 Å². The molecule has 2 N–H and O–H groups in total. The maximum Gasteiger partial charge on any atom is 0.293 e. The van der Waals surface area contributed by atoms with Gasteiger partial charge in [-0.2, -0.15) is 0 Å². The zero-order chi connectivity index (χ0) is 23.2. The van der Waals surface area contributed by atoms with Crippen LogP contribution in [0.2, 0.25) is 10.0 Å². The van der Waals surface area contributed by atoms with Crippen LogP contribution < -0.4 is 10.6 Å². The molecule has 0 aliphatic carbocycles. The highest BCUT2D eigenvalue weighted by molar-refractivity contribution is 8.18. The average molecular weight is 486 g/mol. The Morgan fingerprint density at radius 3 is 2.48 bits per heavy atom. The quantitative estimate of drug-likeness (QED) is 0.426. The highest BCUT2D eigenvalue weighted by Crippen LogP contribution is 2.33. The van der Waals surface area contributed by atoms with Gasteiger partial charge in [0.2, 0.25) is 11.8 Å². The molecule has 1 aromatic rings. The second kappa shape index (κ2) is 11.0. The molecule has 0 bridgehead atoms. The van der Waals surface area contributed by atoms with Gasteiger partial charge in [0.05, 0.1) is 4.91 Å². The molecular formula is C21H25Cl2N3O4S. The molecular weight excluding hydrogens is 461 g/mol. The average Bonchev–Trinajstić information content (AvgIpc) is 2.93. The van der Waals surface area contributed by atoms with E-state index in [1.807, 2.05) is 20.8 Å². The topological polar surface area (TPSA) is 95.6 Å². The fourth-order valence-electron chi connectivity index (χ4n) is 2.56. The lowest BCUT2D eigenvalue weighted by Gasteiger charge is -2.17. The van der Waals surface area contributed by atoms with Crippen LogP contribution in [-0.4, -0.2) is 47.5 Å². The van der Waals surface area contributed by atoms with E-state index in [4.69, 9.17) is 23.2 Å². The van der Waals surface area contributed by atoms with Gasteiger partial charge in [-0.15, -0.1) is 0 Å². The van der Waals surface area contributed by atoms with Crippen LogP contribution in [-0.2, 0) is 14.4 Å². The molecule has 1 heterocycles. The Kier molecular flexibility index (Phi) is 8.97. The lowest BCUT2D eigenvalue weighted by molar-refractivity contribution is -0.128. The highest BCUT2D eigenvalue weighted by atomic mass is 35.5. The van der Waals surface area contributed by atoms with Crippen LogP contribution in [0.5, 0.6) is 0 Å². The van der Waals surface area contributed by atoms with Crippen molar-refractivity contribution in [2.75, 3.05) is 19.6 Å². The number of thioether (sulfide) groups is 1. The van der Waals surface area contributed by atoms with Crippen LogP contribution >= 0.6 is 35.0 Å². The number of hydrogen-bond donors (Lipinski definition) is 2. The van der Waals surface area contributed by atoms with Gasteiger partial charge in [0.1, 0.15) is 0 Å². The van der Waals surface area contributed by atoms with E-state index in [1.165, 1.54) is 0 Å². The summed E-state index contributed by atoms with van der Waals surface area (Å²) in [6, 6.07) is 4.87. The number of hydrogen-bond acceptors (Lipinski definition) is 5. The summed E-state index contributed by atoms with van der Waals surface area (Å²) in [7, 11) is 0. The predicted molar refractivity (Wildman–Crippen MR) is 124 cm³/mol. The zero-order valence-corrected chi connectivity index (χ0v) is 19.9. The Labute approximate surface area is 195 Å². The molecule has 7 nitrogen and oxygen atoms in total. The molecule has 10 heteroatoms. The minimum atomic E-state index is -0.471. The molecule has 1 fully saturated rings. The first-order valence-electron chi connectivity index (χ1n) is 9.74. The number of imide groups is 1. The first-order valence-corrected chi connectivity index (χ1v) is 11.3. The molecule has 0 aromatic heterocycles. The van der Waals surface area contributed by atoms with Gasteiger partial charge in [0, 0.05) is 41.5 Å². The second-order valence-electron chi connectivity index (χ2n) is 7.96. The van der Waals surface area contributed by atoms with Crippen LogP contribution in [0.4, 0.5) is 4.79 Å². The van der Waals surface area contributed by atoms with E-state index in [9.17, 15) is 19.2 Å². The molecule has 0 radical (unpaired) electrons. The van der Waals surface area contributed by atoms with Crippen molar-refractivity contribution in [2.24, 2.45) is 5.41 Å². The van der Waals surface area contributed by atoms with Gasteiger partial charge in [-0.1, -0.05) is 50.0 Å². The molecule has 2 rings (SSSR count). The lowest BCUT2D eigenvalue weighted by Crippen LogP contribution is -2.38. The number of nitrogens with zero attached hydrogens (tertiary/aromatic N) is 1. The van der Waals surface area contributed by atoms with Gasteiger partial charge in [-0.25, -0.2) is 0 Å². The maximum absolute atomic E-state index is 12.5. The maximum atomic E-state index is 12.5. The van der Waals surface area contributed by atoms with Crippen molar-refractivity contribution in [2.45, 2.75) is 33.6 Å². The molecule has 1 aliphatic rings. The molecule has 0 saturated carbocycles. The monoisotopic (exact) mass is 485 g/mol. The van der Waals surface area contributed by atoms with Crippen molar-refractivity contribution in [1.29, 1.82) is 0 Å². The lowest BCUT2D eigenvalue weighted by atomic mass is 9.96. The normalized spacial score (nSPS) is 15.5. The smallest absolute Gasteiger partial charge is 0.293 e. The van der Waals surface area contributed by atoms with Gasteiger partial charge >= 0.3 is 0 Å². The van der Waals surface area contributed by atoms with Crippen molar-refractivity contribution in [1.82, 2.24) is 15.5 Å². The molecule has 0 unspecified atom stereocenters. The minimum Gasteiger partial charge on any atom is -0.356 e. The van der Waals surface area contributed by atoms with E-state index in [2.05, 4.69) is 10.6 Å². The molecule has 1 aliphatic heterocycles. The Morgan fingerprint density at radius 2 is 1.84 bits per heavy atom. The number of carbonyl (C=O) groups is 4. The van der Waals surface area contributed by atoms with E-state index in [-0.39, 0.29) is 36.2 Å². The fourth-order valence-corrected chi connectivity index (χ4v) is 3.88. The summed E-state index contributed by atoms with van der Waals surface area (Å²) in [4.78, 5) is 49.7. The number of nitrogens with one attached hydrogen (secondary N) is 2. The van der Waals surface area contributed by atoms with Crippen molar-refractivity contribution in [3.05, 3.63) is 38.7 Å². The van der Waals surface area contributed by atoms with E-state index < -0.39 is 16.6 Å². The van der Waals surface area contributed by atoms with Crippen molar-refractivity contribution >= 4 is 64.0 Å². The van der Waals surface area contributed by atoms with Crippen LogP contribution in [0.25, 0.3) is 6.08 Å². The van der Waals surface area contributed by atoms with E-state index in [1.54, 1.807) is 24.3 Å². The molecule has 31 heavy (non-hydrogen) atoms. The predicted octanol–water partition coefficient (Wildman–Crippen LogP) is 4.09. The molecule has 0 spiro atoms. The summed E-state index contributed by atoms with van der Waals surface area (Å²) < 4.78 is 0. The number of amides is 4. The molecule has 4 amide bonds. The zero-order valence-electron chi connectivity index (χ0n) is 17.6. The van der Waals surface area contributed by atoms with Gasteiger partial charge in [0.15, 0.2) is 0 Å². The third-order valence-corrected chi connectivity index (χ3v) is 5.80. The van der Waals surface area contributed by atoms with Gasteiger partial charge < -0.3 is 10.6 Å². The van der Waals surface area contributed by atoms with E-state index >= 15 is 0 Å². The Bertz CT molecular complexity index is 912. The van der Waals surface area contributed by atoms with Crippen LogP contribution in [0.1, 0.15) is 39.2 Å². The van der Waals surface area contributed by atoms with Gasteiger partial charge in [-0.3, -0.25) is 24.1 Å². The van der Waals surface area contributed by atoms with Crippen molar-refractivity contribution in [3.63, 3.8) is 0 Å². The summed E-state index contributed by atoms with van der Waals surface area (Å²) in [5, 5.41) is 5.92. The number of benzene rings is 1. The first kappa shape index (κ1) is 25.2. The molecule has 168 valence electrons. The van der Waals surface area contributed by atoms with Crippen LogP contribution in [0, 0.1) is 5.41 Å². The summed E-state index contributed by atoms with van der Waals surface area (Å²) in [5.41, 5.74) is 0.116. The largest absolute Gasteiger partial charge is 0.356 e. The summed E-state index contributed by atoms with van der Waals surface area (Å²) in [6.07, 6.45) is 2.29. The fraction of sp³-hybridized carbons (Fsp3) is 0.429. The van der Waals surface area contributed by atoms with E-state index in [0.717, 1.165) is 16.7 Å². The minimum absolute atomic E-state index is 0.0692. The van der Waals surface area contributed by atoms with Crippen molar-refractivity contribution < 1.29 is 19.2 Å². The highest BCUT2D eigenvalue weighted by Gasteiger charge is 2.34. The third-order valence-electron chi connectivity index (χ3n) is 4.33. The van der Waals surface area contributed by atoms with Gasteiger partial charge in [-0.05, 0) is 42.0 Å². The Morgan fingerprint density at radius 1 is 1.13 bits per heavy atom. The first-order chi connectivity index (χ1) is 14.5. The van der Waals surface area contributed by atoms with Crippen LogP contribution in [0.15, 0.2) is 23.1 Å². The number of carbonyl (C=O) groups excluding carboxylic acids is 4. The van der Waals surface area contributed by atoms with Crippen LogP contribution in [0.3, 0.4) is 0 Å². The number of rotatable bonds is 8. The molecule has 1 saturated heterocycles. The number of halogens is 2. The second-order valence-corrected chi connectivity index (χ2v) is 9.80. The SMILES string of the molecule is CC(C)(C)C(=O)NCCCC(=O)NCCN1C(=O)S/C(=C\c2ccc(Cl)cc2Cl)C1=O. The standard InChI is InChI=1S/C21H25Cl2N3O4S/c1-21(2,3)19(29)25-8-4-5-17(27)24-9-10-26-18(28)16(31-20(26)30)11-13-6-7-14(22)12-15(13)23/h6-7,11-12H,4-5,8-10H2,1-3H3,(H,24,27)(H,25,29)/b16-11-. The summed E-state index contributed by atoms with van der Waals surface area (Å²) in [5.74, 6) is -0.708. The van der Waals surface area contributed by atoms with E-state index in [0.29, 0.717) is 28.6 Å². The Hall–Kier alpha value is -2.03. The van der Waals surface area contributed by atoms with Gasteiger partial charge in [0.25, 0.3) is 11.1 Å². The summed E-state index contributed by atoms with van der Waals surface area (Å²) in [6.45, 7) is 6.09. The third kappa shape index (κ3) is 7.55. The molecule has 0 atom stereocenters. The summed E-state index contributed by atoms with van der Waals surface area (Å²) >= 11 is 12.8.